The zero-order chi connectivity index (χ0) is 22.1. The minimum absolute atomic E-state index is 0.291. The van der Waals surface area contributed by atoms with Crippen molar-refractivity contribution >= 4 is 35.3 Å². The lowest BCUT2D eigenvalue weighted by atomic mass is 10.2. The van der Waals surface area contributed by atoms with E-state index in [1.807, 2.05) is 0 Å². The predicted molar refractivity (Wildman–Crippen MR) is 118 cm³/mol. The Morgan fingerprint density at radius 1 is 0.968 bits per heavy atom. The maximum absolute atomic E-state index is 12.9. The van der Waals surface area contributed by atoms with Crippen molar-refractivity contribution in [2.45, 2.75) is 13.0 Å². The normalized spacial score (nSPS) is 10.6. The summed E-state index contributed by atoms with van der Waals surface area (Å²) in [6.45, 7) is 0.319. The summed E-state index contributed by atoms with van der Waals surface area (Å²) in [5, 5.41) is 6.80. The number of halogens is 2. The zero-order valence-electron chi connectivity index (χ0n) is 16.3. The molecule has 6 nitrogen and oxygen atoms in total. The van der Waals surface area contributed by atoms with Crippen molar-refractivity contribution in [2.24, 2.45) is 5.10 Å². The van der Waals surface area contributed by atoms with Crippen LogP contribution in [0.4, 0.5) is 10.1 Å². The third-order valence-electron chi connectivity index (χ3n) is 4.07. The van der Waals surface area contributed by atoms with E-state index in [0.717, 1.165) is 11.1 Å². The van der Waals surface area contributed by atoms with Gasteiger partial charge in [0.2, 0.25) is 11.8 Å². The maximum atomic E-state index is 12.9. The van der Waals surface area contributed by atoms with E-state index in [1.54, 1.807) is 60.7 Å². The van der Waals surface area contributed by atoms with Crippen molar-refractivity contribution < 1.29 is 18.7 Å². The standard InChI is InChI=1S/C23H19ClFN3O3/c24-20-3-1-2-4-21(20)27-22(29)13-23(30)28-26-14-16-7-11-19(12-8-16)31-15-17-5-9-18(25)10-6-17/h1-12,14H,13,15H2,(H,27,29)(H,28,30). The largest absolute Gasteiger partial charge is 0.489 e. The number of benzene rings is 3. The molecule has 3 aromatic carbocycles. The van der Waals surface area contributed by atoms with Crippen molar-refractivity contribution in [2.75, 3.05) is 5.32 Å². The fourth-order valence-electron chi connectivity index (χ4n) is 2.52. The summed E-state index contributed by atoms with van der Waals surface area (Å²) in [5.41, 5.74) is 4.33. The topological polar surface area (TPSA) is 79.8 Å². The number of hydrogen-bond donors (Lipinski definition) is 2. The van der Waals surface area contributed by atoms with Crippen molar-refractivity contribution in [3.8, 4) is 5.75 Å². The first-order valence-electron chi connectivity index (χ1n) is 9.33. The Hall–Kier alpha value is -3.71. The molecule has 8 heteroatoms. The lowest BCUT2D eigenvalue weighted by molar-refractivity contribution is -0.126. The Morgan fingerprint density at radius 3 is 2.39 bits per heavy atom. The van der Waals surface area contributed by atoms with Crippen LogP contribution >= 0.6 is 11.6 Å². The summed E-state index contributed by atoms with van der Waals surface area (Å²) in [4.78, 5) is 23.8. The van der Waals surface area contributed by atoms with E-state index in [2.05, 4.69) is 15.8 Å². The first kappa shape index (κ1) is 22.0. The molecule has 0 radical (unpaired) electrons. The van der Waals surface area contributed by atoms with Gasteiger partial charge in [0.15, 0.2) is 0 Å². The Bertz CT molecular complexity index is 1070. The second-order valence-electron chi connectivity index (χ2n) is 6.48. The highest BCUT2D eigenvalue weighted by atomic mass is 35.5. The third-order valence-corrected chi connectivity index (χ3v) is 4.40. The average Bonchev–Trinajstić information content (AvgIpc) is 2.76. The molecule has 0 aliphatic rings. The molecule has 3 rings (SSSR count). The number of ether oxygens (including phenoxy) is 1. The van der Waals surface area contributed by atoms with Crippen molar-refractivity contribution in [3.05, 3.63) is 94.8 Å². The van der Waals surface area contributed by atoms with Crippen molar-refractivity contribution in [3.63, 3.8) is 0 Å². The molecule has 0 bridgehead atoms. The van der Waals surface area contributed by atoms with Gasteiger partial charge in [-0.25, -0.2) is 9.82 Å². The van der Waals surface area contributed by atoms with Gasteiger partial charge in [-0.05, 0) is 59.7 Å². The van der Waals surface area contributed by atoms with Crippen LogP contribution in [0.25, 0.3) is 0 Å². The summed E-state index contributed by atoms with van der Waals surface area (Å²) < 4.78 is 18.5. The van der Waals surface area contributed by atoms with Gasteiger partial charge in [0, 0.05) is 0 Å². The maximum Gasteiger partial charge on any atom is 0.249 e. The van der Waals surface area contributed by atoms with Crippen LogP contribution in [0.2, 0.25) is 5.02 Å². The van der Waals surface area contributed by atoms with Gasteiger partial charge in [-0.3, -0.25) is 9.59 Å². The molecule has 0 aliphatic heterocycles. The Morgan fingerprint density at radius 2 is 1.68 bits per heavy atom. The highest BCUT2D eigenvalue weighted by molar-refractivity contribution is 6.33. The van der Waals surface area contributed by atoms with Gasteiger partial charge < -0.3 is 10.1 Å². The molecular weight excluding hydrogens is 421 g/mol. The molecule has 0 aromatic heterocycles. The summed E-state index contributed by atoms with van der Waals surface area (Å²) >= 11 is 5.96. The summed E-state index contributed by atoms with van der Waals surface area (Å²) in [6.07, 6.45) is 1.06. The molecule has 0 unspecified atom stereocenters. The van der Waals surface area contributed by atoms with Crippen LogP contribution in [0.15, 0.2) is 77.9 Å². The molecule has 0 fully saturated rings. The monoisotopic (exact) mass is 439 g/mol. The second kappa shape index (κ2) is 10.9. The Labute approximate surface area is 183 Å². The lowest BCUT2D eigenvalue weighted by Crippen LogP contribution is -2.24. The molecule has 158 valence electrons. The molecule has 3 aromatic rings. The van der Waals surface area contributed by atoms with Crippen molar-refractivity contribution in [1.29, 1.82) is 0 Å². The van der Waals surface area contributed by atoms with Gasteiger partial charge in [-0.15, -0.1) is 0 Å². The fraction of sp³-hybridized carbons (Fsp3) is 0.0870. The van der Waals surface area contributed by atoms with E-state index in [4.69, 9.17) is 16.3 Å². The van der Waals surface area contributed by atoms with Crippen LogP contribution in [0.5, 0.6) is 5.75 Å². The van der Waals surface area contributed by atoms with E-state index in [-0.39, 0.29) is 5.82 Å². The quantitative estimate of drug-likeness (QED) is 0.307. The highest BCUT2D eigenvalue weighted by Crippen LogP contribution is 2.20. The highest BCUT2D eigenvalue weighted by Gasteiger charge is 2.10. The lowest BCUT2D eigenvalue weighted by Gasteiger charge is -2.07. The minimum Gasteiger partial charge on any atom is -0.489 e. The van der Waals surface area contributed by atoms with E-state index >= 15 is 0 Å². The van der Waals surface area contributed by atoms with Gasteiger partial charge in [0.1, 0.15) is 24.6 Å². The van der Waals surface area contributed by atoms with Crippen LogP contribution in [0.1, 0.15) is 17.5 Å². The number of anilines is 1. The van der Waals surface area contributed by atoms with Crippen LogP contribution in [-0.4, -0.2) is 18.0 Å². The van der Waals surface area contributed by atoms with Gasteiger partial charge in [-0.1, -0.05) is 35.9 Å². The fourth-order valence-corrected chi connectivity index (χ4v) is 2.70. The molecule has 0 aliphatic carbocycles. The number of para-hydroxylation sites is 1. The number of nitrogens with zero attached hydrogens (tertiary/aromatic N) is 1. The van der Waals surface area contributed by atoms with E-state index in [0.29, 0.717) is 23.1 Å². The average molecular weight is 440 g/mol. The van der Waals surface area contributed by atoms with Crippen molar-refractivity contribution in [1.82, 2.24) is 5.43 Å². The number of nitrogens with one attached hydrogen (secondary N) is 2. The molecule has 0 saturated heterocycles. The Balaban J connectivity index is 1.42. The summed E-state index contributed by atoms with van der Waals surface area (Å²) in [6, 6.07) is 19.9. The molecular formula is C23H19ClFN3O3. The molecule has 0 heterocycles. The summed E-state index contributed by atoms with van der Waals surface area (Å²) in [7, 11) is 0. The molecule has 0 spiro atoms. The van der Waals surface area contributed by atoms with E-state index in [1.165, 1.54) is 18.3 Å². The van der Waals surface area contributed by atoms with Crippen LogP contribution in [0, 0.1) is 5.82 Å². The van der Waals surface area contributed by atoms with Gasteiger partial charge in [-0.2, -0.15) is 5.10 Å². The number of rotatable bonds is 8. The van der Waals surface area contributed by atoms with Gasteiger partial charge in [0.05, 0.1) is 16.9 Å². The first-order valence-corrected chi connectivity index (χ1v) is 9.71. The SMILES string of the molecule is O=C(CC(=O)Nc1ccccc1Cl)NN=Cc1ccc(OCc2ccc(F)cc2)cc1. The molecule has 0 atom stereocenters. The zero-order valence-corrected chi connectivity index (χ0v) is 17.1. The first-order chi connectivity index (χ1) is 15.0. The third kappa shape index (κ3) is 7.24. The predicted octanol–water partition coefficient (Wildman–Crippen LogP) is 4.54. The van der Waals surface area contributed by atoms with Gasteiger partial charge >= 0.3 is 0 Å². The number of carbonyl (C=O) groups is 2. The number of hydrazone groups is 1. The molecule has 31 heavy (non-hydrogen) atoms. The minimum atomic E-state index is -0.556. The second-order valence-corrected chi connectivity index (χ2v) is 6.89. The molecule has 0 saturated carbocycles. The van der Waals surface area contributed by atoms with Crippen LogP contribution in [0.3, 0.4) is 0 Å². The number of hydrogen-bond acceptors (Lipinski definition) is 4. The van der Waals surface area contributed by atoms with Crippen LogP contribution < -0.4 is 15.5 Å². The number of carbonyl (C=O) groups excluding carboxylic acids is 2. The summed E-state index contributed by atoms with van der Waals surface area (Å²) in [5.74, 6) is -0.703. The Kier molecular flexibility index (Phi) is 7.73. The number of amides is 2. The van der Waals surface area contributed by atoms with E-state index in [9.17, 15) is 14.0 Å². The van der Waals surface area contributed by atoms with Crippen LogP contribution in [-0.2, 0) is 16.2 Å². The molecule has 2 N–H and O–H groups in total. The van der Waals surface area contributed by atoms with E-state index < -0.39 is 18.2 Å². The molecule has 2 amide bonds. The van der Waals surface area contributed by atoms with Gasteiger partial charge in [0.25, 0.3) is 0 Å². The smallest absolute Gasteiger partial charge is 0.249 e.